The Hall–Kier alpha value is -2.07. The predicted molar refractivity (Wildman–Crippen MR) is 83.8 cm³/mol. The summed E-state index contributed by atoms with van der Waals surface area (Å²) in [6, 6.07) is 13.7. The maximum atomic E-state index is 5.78. The van der Waals surface area contributed by atoms with Gasteiger partial charge in [0.1, 0.15) is 24.7 Å². The molecule has 0 saturated carbocycles. The molecule has 1 heterocycles. The first-order chi connectivity index (χ1) is 10.3. The lowest BCUT2D eigenvalue weighted by atomic mass is 10.3. The van der Waals surface area contributed by atoms with E-state index < -0.39 is 0 Å². The second-order valence-corrected chi connectivity index (χ2v) is 4.69. The van der Waals surface area contributed by atoms with E-state index in [-0.39, 0.29) is 0 Å². The lowest BCUT2D eigenvalue weighted by molar-refractivity contribution is 0.215. The summed E-state index contributed by atoms with van der Waals surface area (Å²) in [6.07, 6.45) is 0. The van der Waals surface area contributed by atoms with E-state index in [1.165, 1.54) is 0 Å². The molecule has 0 aliphatic carbocycles. The number of aryl methyl sites for hydroxylation is 1. The van der Waals surface area contributed by atoms with Gasteiger partial charge in [-0.15, -0.1) is 0 Å². The quantitative estimate of drug-likeness (QED) is 0.758. The fourth-order valence-corrected chi connectivity index (χ4v) is 1.93. The van der Waals surface area contributed by atoms with E-state index in [2.05, 4.69) is 17.2 Å². The van der Waals surface area contributed by atoms with Gasteiger partial charge in [-0.3, -0.25) is 4.98 Å². The van der Waals surface area contributed by atoms with Crippen molar-refractivity contribution in [3.8, 4) is 11.5 Å². The van der Waals surface area contributed by atoms with E-state index in [0.717, 1.165) is 29.4 Å². The first kappa shape index (κ1) is 15.3. The fraction of sp³-hybridized carbons (Fsp3) is 0.353. The van der Waals surface area contributed by atoms with Crippen LogP contribution in [0, 0.1) is 6.92 Å². The van der Waals surface area contributed by atoms with E-state index in [0.29, 0.717) is 19.8 Å². The van der Waals surface area contributed by atoms with Crippen LogP contribution in [0.2, 0.25) is 0 Å². The summed E-state index contributed by atoms with van der Waals surface area (Å²) < 4.78 is 11.4. The first-order valence-electron chi connectivity index (χ1n) is 7.27. The molecule has 2 aromatic rings. The number of nitrogens with zero attached hydrogens (tertiary/aromatic N) is 1. The number of nitrogens with one attached hydrogen (secondary N) is 1. The number of aromatic nitrogens is 1. The highest BCUT2D eigenvalue weighted by Crippen LogP contribution is 2.17. The van der Waals surface area contributed by atoms with Crippen LogP contribution in [0.15, 0.2) is 42.5 Å². The molecule has 0 fully saturated rings. The molecular weight excluding hydrogens is 264 g/mol. The Bertz CT molecular complexity index is 544. The molecule has 1 N–H and O–H groups in total. The highest BCUT2D eigenvalue weighted by Gasteiger charge is 2.05. The van der Waals surface area contributed by atoms with Crippen LogP contribution < -0.4 is 14.8 Å². The van der Waals surface area contributed by atoms with Crippen molar-refractivity contribution in [2.24, 2.45) is 0 Å². The fourth-order valence-electron chi connectivity index (χ4n) is 1.93. The average Bonchev–Trinajstić information content (AvgIpc) is 2.52. The molecule has 4 nitrogen and oxygen atoms in total. The van der Waals surface area contributed by atoms with Crippen molar-refractivity contribution in [3.63, 3.8) is 0 Å². The summed E-state index contributed by atoms with van der Waals surface area (Å²) in [7, 11) is 0. The summed E-state index contributed by atoms with van der Waals surface area (Å²) in [5.41, 5.74) is 1.94. The van der Waals surface area contributed by atoms with Gasteiger partial charge in [0.05, 0.1) is 5.69 Å². The van der Waals surface area contributed by atoms with Crippen LogP contribution in [0.1, 0.15) is 18.3 Å². The SMILES string of the molecule is CCNCc1nc(C)ccc1OCCOc1ccccc1. The molecule has 1 aromatic carbocycles. The van der Waals surface area contributed by atoms with Crippen LogP contribution >= 0.6 is 0 Å². The number of para-hydroxylation sites is 1. The van der Waals surface area contributed by atoms with Crippen molar-refractivity contribution in [3.05, 3.63) is 53.9 Å². The number of pyridine rings is 1. The van der Waals surface area contributed by atoms with Gasteiger partial charge < -0.3 is 14.8 Å². The van der Waals surface area contributed by atoms with Gasteiger partial charge in [0.2, 0.25) is 0 Å². The summed E-state index contributed by atoms with van der Waals surface area (Å²) >= 11 is 0. The van der Waals surface area contributed by atoms with Gasteiger partial charge in [-0.25, -0.2) is 0 Å². The predicted octanol–water partition coefficient (Wildman–Crippen LogP) is 2.96. The highest BCUT2D eigenvalue weighted by molar-refractivity contribution is 5.29. The molecule has 0 spiro atoms. The second kappa shape index (κ2) is 8.27. The minimum atomic E-state index is 0.499. The van der Waals surface area contributed by atoms with Crippen molar-refractivity contribution in [2.75, 3.05) is 19.8 Å². The molecule has 0 radical (unpaired) electrons. The van der Waals surface area contributed by atoms with Crippen LogP contribution in [0.4, 0.5) is 0 Å². The molecule has 1 aromatic heterocycles. The normalized spacial score (nSPS) is 10.4. The Morgan fingerprint density at radius 1 is 1.00 bits per heavy atom. The molecule has 0 saturated heterocycles. The van der Waals surface area contributed by atoms with Gasteiger partial charge in [0.15, 0.2) is 0 Å². The van der Waals surface area contributed by atoms with Crippen molar-refractivity contribution >= 4 is 0 Å². The molecule has 0 aliphatic heterocycles. The highest BCUT2D eigenvalue weighted by atomic mass is 16.5. The molecular formula is C17H22N2O2. The van der Waals surface area contributed by atoms with Gasteiger partial charge in [-0.1, -0.05) is 25.1 Å². The first-order valence-corrected chi connectivity index (χ1v) is 7.27. The van der Waals surface area contributed by atoms with Gasteiger partial charge in [0.25, 0.3) is 0 Å². The summed E-state index contributed by atoms with van der Waals surface area (Å²) in [5.74, 6) is 1.68. The molecule has 0 atom stereocenters. The Morgan fingerprint density at radius 3 is 2.52 bits per heavy atom. The zero-order chi connectivity index (χ0) is 14.9. The lowest BCUT2D eigenvalue weighted by Crippen LogP contribution is -2.16. The van der Waals surface area contributed by atoms with Crippen LogP contribution in [0.3, 0.4) is 0 Å². The third-order valence-electron chi connectivity index (χ3n) is 2.97. The zero-order valence-electron chi connectivity index (χ0n) is 12.6. The van der Waals surface area contributed by atoms with E-state index >= 15 is 0 Å². The number of ether oxygens (including phenoxy) is 2. The summed E-state index contributed by atoms with van der Waals surface area (Å²) in [4.78, 5) is 4.52. The Balaban J connectivity index is 1.84. The molecule has 4 heteroatoms. The molecule has 0 unspecified atom stereocenters. The third kappa shape index (κ3) is 5.08. The topological polar surface area (TPSA) is 43.4 Å². The minimum absolute atomic E-state index is 0.499. The van der Waals surface area contributed by atoms with Crippen molar-refractivity contribution in [1.82, 2.24) is 10.3 Å². The van der Waals surface area contributed by atoms with Gasteiger partial charge in [0, 0.05) is 12.2 Å². The number of rotatable bonds is 8. The van der Waals surface area contributed by atoms with E-state index in [1.54, 1.807) is 0 Å². The zero-order valence-corrected chi connectivity index (χ0v) is 12.6. The number of benzene rings is 1. The van der Waals surface area contributed by atoms with E-state index in [1.807, 2.05) is 49.4 Å². The largest absolute Gasteiger partial charge is 0.490 e. The Kier molecular flexibility index (Phi) is 6.03. The molecule has 0 bridgehead atoms. The van der Waals surface area contributed by atoms with Crippen LogP contribution in [-0.2, 0) is 6.54 Å². The number of hydrogen-bond donors (Lipinski definition) is 1. The van der Waals surface area contributed by atoms with Crippen LogP contribution in [0.25, 0.3) is 0 Å². The third-order valence-corrected chi connectivity index (χ3v) is 2.97. The van der Waals surface area contributed by atoms with Crippen molar-refractivity contribution in [1.29, 1.82) is 0 Å². The lowest BCUT2D eigenvalue weighted by Gasteiger charge is -2.12. The second-order valence-electron chi connectivity index (χ2n) is 4.69. The smallest absolute Gasteiger partial charge is 0.142 e. The average molecular weight is 286 g/mol. The van der Waals surface area contributed by atoms with Crippen molar-refractivity contribution in [2.45, 2.75) is 20.4 Å². The molecule has 0 amide bonds. The monoisotopic (exact) mass is 286 g/mol. The summed E-state index contributed by atoms with van der Waals surface area (Å²) in [5, 5.41) is 3.27. The van der Waals surface area contributed by atoms with E-state index in [4.69, 9.17) is 9.47 Å². The standard InChI is InChI=1S/C17H22N2O2/c1-3-18-13-16-17(10-9-14(2)19-16)21-12-11-20-15-7-5-4-6-8-15/h4-10,18H,3,11-13H2,1-2H3. The maximum Gasteiger partial charge on any atom is 0.142 e. The van der Waals surface area contributed by atoms with Crippen LogP contribution in [0.5, 0.6) is 11.5 Å². The summed E-state index contributed by atoms with van der Waals surface area (Å²) in [6.45, 7) is 6.69. The molecule has 2 rings (SSSR count). The minimum Gasteiger partial charge on any atom is -0.490 e. The Labute approximate surface area is 126 Å². The molecule has 21 heavy (non-hydrogen) atoms. The maximum absolute atomic E-state index is 5.78. The Morgan fingerprint density at radius 2 is 1.76 bits per heavy atom. The van der Waals surface area contributed by atoms with E-state index in [9.17, 15) is 0 Å². The molecule has 0 aliphatic rings. The number of hydrogen-bond acceptors (Lipinski definition) is 4. The van der Waals surface area contributed by atoms with Crippen LogP contribution in [-0.4, -0.2) is 24.7 Å². The van der Waals surface area contributed by atoms with Gasteiger partial charge in [-0.2, -0.15) is 0 Å². The van der Waals surface area contributed by atoms with Gasteiger partial charge >= 0.3 is 0 Å². The molecule has 112 valence electrons. The van der Waals surface area contributed by atoms with Crippen molar-refractivity contribution < 1.29 is 9.47 Å². The van der Waals surface area contributed by atoms with Gasteiger partial charge in [-0.05, 0) is 37.7 Å².